The number of hydrogen-bond acceptors (Lipinski definition) is 12. The van der Waals surface area contributed by atoms with Gasteiger partial charge >= 0.3 is 18.1 Å². The van der Waals surface area contributed by atoms with Crippen LogP contribution in [0, 0.1) is 11.3 Å². The number of thioether (sulfide) groups is 2. The van der Waals surface area contributed by atoms with Gasteiger partial charge in [0.1, 0.15) is 22.8 Å². The standard InChI is InChI=1S/C16H11F3N6O6S3/c17-16(18,19)14(30)31-24-7(5-3-34-15(21)22-5)10(26)23-8-11(27)25-9(13(28)29)6(32-2-1-20)4-33-12(8)25/h3,8,12H,2,4H2,(H2,21,22)(H,23,26)(H,28,29)/t8-,12+/m1/s1. The van der Waals surface area contributed by atoms with E-state index in [1.807, 2.05) is 6.07 Å². The van der Waals surface area contributed by atoms with E-state index in [0.29, 0.717) is 4.91 Å². The highest BCUT2D eigenvalue weighted by molar-refractivity contribution is 8.06. The fourth-order valence-corrected chi connectivity index (χ4v) is 5.61. The van der Waals surface area contributed by atoms with Crippen LogP contribution in [0.15, 0.2) is 21.1 Å². The van der Waals surface area contributed by atoms with Gasteiger partial charge in [0.25, 0.3) is 11.8 Å². The molecule has 2 atom stereocenters. The Morgan fingerprint density at radius 1 is 1.47 bits per heavy atom. The first kappa shape index (κ1) is 25.3. The zero-order valence-corrected chi connectivity index (χ0v) is 18.8. The molecule has 2 amide bonds. The molecule has 0 bridgehead atoms. The maximum absolute atomic E-state index is 12.7. The molecule has 0 aliphatic carbocycles. The van der Waals surface area contributed by atoms with Gasteiger partial charge in [0.15, 0.2) is 10.8 Å². The normalized spacial score (nSPS) is 20.2. The van der Waals surface area contributed by atoms with Crippen molar-refractivity contribution in [1.82, 2.24) is 15.2 Å². The van der Waals surface area contributed by atoms with Crippen LogP contribution in [0.25, 0.3) is 0 Å². The van der Waals surface area contributed by atoms with Crippen LogP contribution < -0.4 is 11.1 Å². The number of carboxylic acids is 1. The monoisotopic (exact) mass is 536 g/mol. The Balaban J connectivity index is 1.81. The van der Waals surface area contributed by atoms with Crippen molar-refractivity contribution in [1.29, 1.82) is 5.26 Å². The van der Waals surface area contributed by atoms with Gasteiger partial charge < -0.3 is 21.0 Å². The van der Waals surface area contributed by atoms with Crippen molar-refractivity contribution in [2.75, 3.05) is 17.2 Å². The van der Waals surface area contributed by atoms with Crippen molar-refractivity contribution in [3.8, 4) is 6.07 Å². The van der Waals surface area contributed by atoms with E-state index in [1.165, 1.54) is 5.38 Å². The van der Waals surface area contributed by atoms with Crippen molar-refractivity contribution in [3.05, 3.63) is 21.7 Å². The molecule has 3 rings (SSSR count). The molecule has 0 saturated carbocycles. The van der Waals surface area contributed by atoms with E-state index in [1.54, 1.807) is 0 Å². The predicted octanol–water partition coefficient (Wildman–Crippen LogP) is 0.488. The molecule has 0 radical (unpaired) electrons. The number of rotatable bonds is 7. The lowest BCUT2D eigenvalue weighted by Crippen LogP contribution is -2.71. The maximum atomic E-state index is 12.7. The topological polar surface area (TPSA) is 188 Å². The molecule has 0 unspecified atom stereocenters. The summed E-state index contributed by atoms with van der Waals surface area (Å²) in [4.78, 5) is 56.8. The second kappa shape index (κ2) is 9.90. The smallest absolute Gasteiger partial charge is 0.477 e. The molecule has 1 saturated heterocycles. The molecule has 2 aliphatic rings. The minimum Gasteiger partial charge on any atom is -0.477 e. The molecule has 2 aliphatic heterocycles. The third-order valence-electron chi connectivity index (χ3n) is 4.16. The molecule has 18 heteroatoms. The Labute approximate surface area is 200 Å². The maximum Gasteiger partial charge on any atom is 0.493 e. The second-order valence-corrected chi connectivity index (χ2v) is 9.34. The van der Waals surface area contributed by atoms with Gasteiger partial charge in [-0.15, -0.1) is 34.9 Å². The van der Waals surface area contributed by atoms with Gasteiger partial charge in [0.2, 0.25) is 0 Å². The van der Waals surface area contributed by atoms with Crippen LogP contribution in [0.1, 0.15) is 5.69 Å². The van der Waals surface area contributed by atoms with E-state index < -0.39 is 47.1 Å². The molecule has 3 heterocycles. The van der Waals surface area contributed by atoms with Gasteiger partial charge in [-0.25, -0.2) is 14.6 Å². The summed E-state index contributed by atoms with van der Waals surface area (Å²) in [6.07, 6.45) is -5.38. The van der Waals surface area contributed by atoms with E-state index in [4.69, 9.17) is 11.0 Å². The van der Waals surface area contributed by atoms with Gasteiger partial charge in [-0.2, -0.15) is 18.4 Å². The molecular formula is C16H11F3N6O6S3. The van der Waals surface area contributed by atoms with Gasteiger partial charge in [0.05, 0.1) is 11.8 Å². The molecule has 1 fully saturated rings. The number of amides is 2. The van der Waals surface area contributed by atoms with Crippen LogP contribution >= 0.6 is 34.9 Å². The molecule has 4 N–H and O–H groups in total. The summed E-state index contributed by atoms with van der Waals surface area (Å²) in [5.74, 6) is -5.99. The third-order valence-corrected chi connectivity index (χ3v) is 7.26. The highest BCUT2D eigenvalue weighted by Gasteiger charge is 2.54. The molecule has 0 spiro atoms. The van der Waals surface area contributed by atoms with Crippen LogP contribution in [0.2, 0.25) is 0 Å². The molecule has 34 heavy (non-hydrogen) atoms. The highest BCUT2D eigenvalue weighted by atomic mass is 32.2. The molecule has 1 aromatic heterocycles. The number of carboxylic acid groups (broad SMARTS) is 1. The number of anilines is 1. The van der Waals surface area contributed by atoms with Gasteiger partial charge in [0, 0.05) is 16.0 Å². The second-order valence-electron chi connectivity index (χ2n) is 6.27. The SMILES string of the molecule is N#CCSC1=C(C(=O)O)N2C(=O)[C@@H](NC(=O)C(=NOC(=O)C(F)(F)F)c3csc(N)n3)[C@@H]2SC1. The number of halogens is 3. The average molecular weight is 536 g/mol. The predicted molar refractivity (Wildman–Crippen MR) is 113 cm³/mol. The van der Waals surface area contributed by atoms with Crippen molar-refractivity contribution in [2.24, 2.45) is 5.16 Å². The van der Waals surface area contributed by atoms with Crippen LogP contribution in [0.4, 0.5) is 18.3 Å². The number of alkyl halides is 3. The summed E-state index contributed by atoms with van der Waals surface area (Å²) in [6, 6.07) is 0.601. The number of fused-ring (bicyclic) bond motifs is 1. The molecule has 12 nitrogen and oxygen atoms in total. The number of hydrogen-bond donors (Lipinski definition) is 3. The summed E-state index contributed by atoms with van der Waals surface area (Å²) < 4.78 is 37.3. The number of nitrogens with zero attached hydrogens (tertiary/aromatic N) is 4. The number of β-lactam (4-membered cyclic amide) rings is 1. The molecule has 0 aromatic carbocycles. The van der Waals surface area contributed by atoms with Gasteiger partial charge in [-0.05, 0) is 0 Å². The minimum absolute atomic E-state index is 0.0349. The Kier molecular flexibility index (Phi) is 7.38. The first-order valence-electron chi connectivity index (χ1n) is 8.75. The number of carbonyl (C=O) groups is 4. The Hall–Kier alpha value is -3.30. The number of nitrogens with one attached hydrogen (secondary N) is 1. The number of oxime groups is 1. The lowest BCUT2D eigenvalue weighted by molar-refractivity contribution is -0.199. The van der Waals surface area contributed by atoms with Gasteiger partial charge in [-0.3, -0.25) is 14.5 Å². The number of carbonyl (C=O) groups excluding carboxylic acids is 3. The number of nitrogen functional groups attached to an aromatic ring is 1. The van der Waals surface area contributed by atoms with Gasteiger partial charge in [-0.1, -0.05) is 5.16 Å². The van der Waals surface area contributed by atoms with Crippen molar-refractivity contribution in [3.63, 3.8) is 0 Å². The zero-order valence-electron chi connectivity index (χ0n) is 16.4. The van der Waals surface area contributed by atoms with E-state index in [-0.39, 0.29) is 28.0 Å². The Bertz CT molecular complexity index is 1160. The van der Waals surface area contributed by atoms with E-state index in [9.17, 15) is 37.5 Å². The lowest BCUT2D eigenvalue weighted by atomic mass is 10.0. The van der Waals surface area contributed by atoms with Crippen LogP contribution in [0.3, 0.4) is 0 Å². The highest BCUT2D eigenvalue weighted by Crippen LogP contribution is 2.43. The summed E-state index contributed by atoms with van der Waals surface area (Å²) in [6.45, 7) is 0. The third kappa shape index (κ3) is 5.10. The summed E-state index contributed by atoms with van der Waals surface area (Å²) in [5, 5.41) is 23.7. The largest absolute Gasteiger partial charge is 0.493 e. The summed E-state index contributed by atoms with van der Waals surface area (Å²) in [5.41, 5.74) is 3.99. The fraction of sp³-hybridized carbons (Fsp3) is 0.312. The summed E-state index contributed by atoms with van der Waals surface area (Å²) >= 11 is 2.90. The van der Waals surface area contributed by atoms with E-state index in [0.717, 1.165) is 39.8 Å². The van der Waals surface area contributed by atoms with Crippen LogP contribution in [0.5, 0.6) is 0 Å². The molecule has 1 aromatic rings. The number of nitrogens with two attached hydrogens (primary N) is 1. The zero-order chi connectivity index (χ0) is 25.2. The lowest BCUT2D eigenvalue weighted by Gasteiger charge is -2.49. The quantitative estimate of drug-likeness (QED) is 0.190. The van der Waals surface area contributed by atoms with Crippen LogP contribution in [-0.4, -0.2) is 73.6 Å². The van der Waals surface area contributed by atoms with Crippen molar-refractivity contribution < 1.29 is 42.3 Å². The number of aromatic nitrogens is 1. The van der Waals surface area contributed by atoms with E-state index >= 15 is 0 Å². The van der Waals surface area contributed by atoms with Crippen molar-refractivity contribution in [2.45, 2.75) is 17.6 Å². The minimum atomic E-state index is -5.38. The van der Waals surface area contributed by atoms with E-state index in [2.05, 4.69) is 20.3 Å². The number of aliphatic carboxylic acids is 1. The van der Waals surface area contributed by atoms with Crippen molar-refractivity contribution >= 4 is 69.5 Å². The first-order chi connectivity index (χ1) is 16.0. The average Bonchev–Trinajstić information content (AvgIpc) is 3.20. The molecular weight excluding hydrogens is 525 g/mol. The number of nitriles is 1. The Morgan fingerprint density at radius 2 is 2.18 bits per heavy atom. The van der Waals surface area contributed by atoms with Crippen LogP contribution in [-0.2, 0) is 24.0 Å². The first-order valence-corrected chi connectivity index (χ1v) is 11.7. The Morgan fingerprint density at radius 3 is 2.74 bits per heavy atom. The number of thiazole rings is 1. The summed E-state index contributed by atoms with van der Waals surface area (Å²) in [7, 11) is 0. The molecule has 180 valence electrons. The fourth-order valence-electron chi connectivity index (χ4n) is 2.77.